The normalized spacial score (nSPS) is 20.7. The number of β-amino-alcohol motifs (C(OH)–C–C–N with tert-alkyl or cyclic N) is 1. The fourth-order valence-electron chi connectivity index (χ4n) is 2.46. The zero-order chi connectivity index (χ0) is 20.9. The van der Waals surface area contributed by atoms with Gasteiger partial charge in [-0.3, -0.25) is 0 Å². The minimum absolute atomic E-state index is 0.000529. The molecule has 0 aliphatic carbocycles. The summed E-state index contributed by atoms with van der Waals surface area (Å²) in [5.74, 6) is 0. The van der Waals surface area contributed by atoms with Gasteiger partial charge in [0.1, 0.15) is 16.6 Å². The third-order valence-electron chi connectivity index (χ3n) is 4.05. The molecule has 154 valence electrons. The van der Waals surface area contributed by atoms with Gasteiger partial charge in [-0.05, 0) is 42.8 Å². The number of hydrogen-bond donors (Lipinski definition) is 3. The fourth-order valence-corrected chi connectivity index (χ4v) is 4.43. The van der Waals surface area contributed by atoms with Crippen LogP contribution in [0.3, 0.4) is 0 Å². The summed E-state index contributed by atoms with van der Waals surface area (Å²) in [5, 5.41) is 19.7. The lowest BCUT2D eigenvalue weighted by molar-refractivity contribution is -0.000502. The SMILES string of the molecule is O=S(c1ccc(C(F)F)cc1Cl)N1CCC(O)(CO)C1.Sc1ccc(Cl)cc1. The van der Waals surface area contributed by atoms with Crippen LogP contribution in [-0.4, -0.2) is 44.0 Å². The summed E-state index contributed by atoms with van der Waals surface area (Å²) in [6, 6.07) is 10.9. The van der Waals surface area contributed by atoms with Gasteiger partial charge in [-0.1, -0.05) is 29.3 Å². The average molecular weight is 470 g/mol. The smallest absolute Gasteiger partial charge is 0.263 e. The van der Waals surface area contributed by atoms with E-state index in [1.807, 2.05) is 24.3 Å². The van der Waals surface area contributed by atoms with Crippen molar-refractivity contribution in [1.82, 2.24) is 4.31 Å². The summed E-state index contributed by atoms with van der Waals surface area (Å²) in [6.07, 6.45) is -2.34. The molecule has 0 amide bonds. The Morgan fingerprint density at radius 1 is 1.21 bits per heavy atom. The number of aliphatic hydroxyl groups excluding tert-OH is 1. The topological polar surface area (TPSA) is 60.8 Å². The first-order valence-electron chi connectivity index (χ1n) is 8.17. The Bertz CT molecular complexity index is 806. The minimum atomic E-state index is -2.64. The van der Waals surface area contributed by atoms with Gasteiger partial charge in [0.2, 0.25) is 0 Å². The van der Waals surface area contributed by atoms with Crippen LogP contribution in [0.2, 0.25) is 10.0 Å². The molecular weight excluding hydrogens is 451 g/mol. The zero-order valence-corrected chi connectivity index (χ0v) is 17.8. The van der Waals surface area contributed by atoms with E-state index >= 15 is 0 Å². The number of alkyl halides is 2. The molecule has 1 saturated heterocycles. The maximum atomic E-state index is 12.5. The highest BCUT2D eigenvalue weighted by Crippen LogP contribution is 2.30. The molecule has 1 aliphatic rings. The quantitative estimate of drug-likeness (QED) is 0.583. The summed E-state index contributed by atoms with van der Waals surface area (Å²) in [4.78, 5) is 1.16. The molecule has 0 radical (unpaired) electrons. The first-order chi connectivity index (χ1) is 13.1. The van der Waals surface area contributed by atoms with E-state index in [2.05, 4.69) is 12.6 Å². The van der Waals surface area contributed by atoms with Gasteiger partial charge in [-0.25, -0.2) is 17.3 Å². The highest BCUT2D eigenvalue weighted by atomic mass is 35.5. The summed E-state index contributed by atoms with van der Waals surface area (Å²) in [5.41, 5.74) is -1.51. The van der Waals surface area contributed by atoms with Crippen molar-refractivity contribution in [2.24, 2.45) is 0 Å². The van der Waals surface area contributed by atoms with Crippen molar-refractivity contribution in [2.75, 3.05) is 19.7 Å². The zero-order valence-electron chi connectivity index (χ0n) is 14.6. The van der Waals surface area contributed by atoms with Gasteiger partial charge < -0.3 is 10.2 Å². The highest BCUT2D eigenvalue weighted by molar-refractivity contribution is 7.82. The first-order valence-corrected chi connectivity index (χ1v) is 10.5. The van der Waals surface area contributed by atoms with Crippen LogP contribution in [0.15, 0.2) is 52.3 Å². The van der Waals surface area contributed by atoms with E-state index in [1.165, 1.54) is 16.4 Å². The number of thiol groups is 1. The highest BCUT2D eigenvalue weighted by Gasteiger charge is 2.38. The molecule has 2 atom stereocenters. The van der Waals surface area contributed by atoms with Gasteiger partial charge in [0, 0.05) is 28.6 Å². The van der Waals surface area contributed by atoms with Crippen LogP contribution in [0.4, 0.5) is 8.78 Å². The Balaban J connectivity index is 0.000000292. The van der Waals surface area contributed by atoms with Crippen LogP contribution >= 0.6 is 35.8 Å². The molecule has 0 spiro atoms. The molecular formula is C18H19Cl2F2NO3S2. The van der Waals surface area contributed by atoms with Crippen LogP contribution in [0.1, 0.15) is 18.4 Å². The molecule has 1 heterocycles. The van der Waals surface area contributed by atoms with E-state index in [0.29, 0.717) is 13.0 Å². The summed E-state index contributed by atoms with van der Waals surface area (Å²) in [6.45, 7) is -0.0433. The molecule has 3 rings (SSSR count). The van der Waals surface area contributed by atoms with Crippen LogP contribution in [0.5, 0.6) is 0 Å². The lowest BCUT2D eigenvalue weighted by Crippen LogP contribution is -2.37. The monoisotopic (exact) mass is 469 g/mol. The van der Waals surface area contributed by atoms with Crippen molar-refractivity contribution in [3.05, 3.63) is 58.1 Å². The molecule has 1 aliphatic heterocycles. The second kappa shape index (κ2) is 10.3. The summed E-state index contributed by atoms with van der Waals surface area (Å²) < 4.78 is 38.8. The molecule has 2 unspecified atom stereocenters. The second-order valence-electron chi connectivity index (χ2n) is 6.21. The van der Waals surface area contributed by atoms with Gasteiger partial charge in [-0.15, -0.1) is 12.6 Å². The number of nitrogens with zero attached hydrogens (tertiary/aromatic N) is 1. The molecule has 2 aromatic rings. The second-order valence-corrected chi connectivity index (χ2v) is 9.03. The van der Waals surface area contributed by atoms with Crippen molar-refractivity contribution in [3.8, 4) is 0 Å². The maximum Gasteiger partial charge on any atom is 0.263 e. The molecule has 28 heavy (non-hydrogen) atoms. The standard InChI is InChI=1S/C12H14ClF2NO3S.C6H5ClS/c13-9-5-8(11(14)15)1-2-10(9)20(19)16-4-3-12(18,6-16)7-17;7-5-1-3-6(8)4-2-5/h1-2,5,11,17-18H,3-4,6-7H2;1-4,8H. The van der Waals surface area contributed by atoms with Crippen LogP contribution < -0.4 is 0 Å². The number of benzene rings is 2. The number of aliphatic hydroxyl groups is 2. The molecule has 0 saturated carbocycles. The number of halogens is 4. The molecule has 2 N–H and O–H groups in total. The Hall–Kier alpha value is -0.740. The molecule has 2 aromatic carbocycles. The van der Waals surface area contributed by atoms with E-state index in [1.54, 1.807) is 0 Å². The molecule has 10 heteroatoms. The summed E-state index contributed by atoms with van der Waals surface area (Å²) in [7, 11) is -1.65. The van der Waals surface area contributed by atoms with Crippen LogP contribution in [0.25, 0.3) is 0 Å². The Morgan fingerprint density at radius 3 is 2.32 bits per heavy atom. The maximum absolute atomic E-state index is 12.5. The molecule has 0 bridgehead atoms. The predicted molar refractivity (Wildman–Crippen MR) is 110 cm³/mol. The van der Waals surface area contributed by atoms with Crippen molar-refractivity contribution < 1.29 is 23.2 Å². The van der Waals surface area contributed by atoms with Gasteiger partial charge in [0.25, 0.3) is 6.43 Å². The Kier molecular flexibility index (Phi) is 8.69. The molecule has 1 fully saturated rings. The Morgan fingerprint density at radius 2 is 1.86 bits per heavy atom. The van der Waals surface area contributed by atoms with Gasteiger partial charge in [-0.2, -0.15) is 0 Å². The third-order valence-corrected chi connectivity index (χ3v) is 6.54. The van der Waals surface area contributed by atoms with E-state index < -0.39 is 29.6 Å². The fraction of sp³-hybridized carbons (Fsp3) is 0.333. The van der Waals surface area contributed by atoms with E-state index in [0.717, 1.165) is 16.0 Å². The number of rotatable bonds is 4. The third kappa shape index (κ3) is 6.38. The first kappa shape index (κ1) is 23.5. The van der Waals surface area contributed by atoms with Gasteiger partial charge >= 0.3 is 0 Å². The van der Waals surface area contributed by atoms with Crippen LogP contribution in [0, 0.1) is 0 Å². The molecule has 0 aromatic heterocycles. The predicted octanol–water partition coefficient (Wildman–Crippen LogP) is 4.36. The summed E-state index contributed by atoms with van der Waals surface area (Å²) >= 11 is 15.5. The van der Waals surface area contributed by atoms with Crippen molar-refractivity contribution >= 4 is 46.8 Å². The van der Waals surface area contributed by atoms with Crippen molar-refractivity contribution in [1.29, 1.82) is 0 Å². The Labute approximate surface area is 180 Å². The van der Waals surface area contributed by atoms with Crippen molar-refractivity contribution in [2.45, 2.75) is 28.2 Å². The number of hydrogen-bond acceptors (Lipinski definition) is 4. The van der Waals surface area contributed by atoms with E-state index in [4.69, 9.17) is 28.3 Å². The lowest BCUT2D eigenvalue weighted by Gasteiger charge is -2.20. The van der Waals surface area contributed by atoms with Crippen LogP contribution in [-0.2, 0) is 11.0 Å². The van der Waals surface area contributed by atoms with E-state index in [-0.39, 0.29) is 22.0 Å². The van der Waals surface area contributed by atoms with E-state index in [9.17, 15) is 18.1 Å². The molecule has 4 nitrogen and oxygen atoms in total. The largest absolute Gasteiger partial charge is 0.393 e. The van der Waals surface area contributed by atoms with Gasteiger partial charge in [0.15, 0.2) is 0 Å². The van der Waals surface area contributed by atoms with Crippen molar-refractivity contribution in [3.63, 3.8) is 0 Å². The van der Waals surface area contributed by atoms with Gasteiger partial charge in [0.05, 0.1) is 16.5 Å². The average Bonchev–Trinajstić information content (AvgIpc) is 3.07. The lowest BCUT2D eigenvalue weighted by atomic mass is 10.1. The minimum Gasteiger partial charge on any atom is -0.393 e.